The Kier molecular flexibility index (Phi) is 2.87. The fourth-order valence-electron chi connectivity index (χ4n) is 0.963. The minimum atomic E-state index is 0.00783. The van der Waals surface area contributed by atoms with Crippen LogP contribution in [0.5, 0.6) is 0 Å². The van der Waals surface area contributed by atoms with Gasteiger partial charge >= 0.3 is 0 Å². The summed E-state index contributed by atoms with van der Waals surface area (Å²) < 4.78 is 0. The molecule has 4 nitrogen and oxygen atoms in total. The lowest BCUT2D eigenvalue weighted by molar-refractivity contribution is -0.116. The number of rotatable bonds is 2. The Labute approximate surface area is 77.3 Å². The zero-order valence-corrected chi connectivity index (χ0v) is 7.74. The van der Waals surface area contributed by atoms with Gasteiger partial charge in [0.2, 0.25) is 5.91 Å². The highest BCUT2D eigenvalue weighted by atomic mass is 16.2. The molecule has 0 bridgehead atoms. The molecular formula is C9H13N3O. The molecule has 0 radical (unpaired) electrons. The van der Waals surface area contributed by atoms with Gasteiger partial charge < -0.3 is 10.3 Å². The van der Waals surface area contributed by atoms with Crippen molar-refractivity contribution in [2.75, 3.05) is 17.4 Å². The third-order valence-electron chi connectivity index (χ3n) is 1.89. The number of amides is 1. The van der Waals surface area contributed by atoms with Crippen LogP contribution in [-0.2, 0) is 4.79 Å². The fraction of sp³-hybridized carbons (Fsp3) is 0.222. The maximum absolute atomic E-state index is 11.0. The topological polar surface area (TPSA) is 58.4 Å². The van der Waals surface area contributed by atoms with Crippen molar-refractivity contribution in [3.05, 3.63) is 24.3 Å². The number of carbonyl (C=O) groups is 1. The first-order valence-electron chi connectivity index (χ1n) is 3.96. The van der Waals surface area contributed by atoms with E-state index in [0.717, 1.165) is 11.4 Å². The second-order valence-corrected chi connectivity index (χ2v) is 2.77. The van der Waals surface area contributed by atoms with Crippen molar-refractivity contribution in [3.63, 3.8) is 0 Å². The monoisotopic (exact) mass is 179 g/mol. The maximum atomic E-state index is 11.0. The summed E-state index contributed by atoms with van der Waals surface area (Å²) in [5.74, 6) is 5.21. The number of carbonyl (C=O) groups excluding carboxylic acids is 1. The minimum Gasteiger partial charge on any atom is -0.324 e. The Morgan fingerprint density at radius 1 is 1.38 bits per heavy atom. The van der Waals surface area contributed by atoms with Crippen LogP contribution in [0.1, 0.15) is 6.92 Å². The number of benzene rings is 1. The summed E-state index contributed by atoms with van der Waals surface area (Å²) >= 11 is 0. The zero-order valence-electron chi connectivity index (χ0n) is 7.74. The highest BCUT2D eigenvalue weighted by Gasteiger charge is 2.03. The highest BCUT2D eigenvalue weighted by molar-refractivity contribution is 5.90. The smallest absolute Gasteiger partial charge is 0.223 e. The molecular weight excluding hydrogens is 166 g/mol. The van der Waals surface area contributed by atoms with Gasteiger partial charge in [0.15, 0.2) is 0 Å². The first-order chi connectivity index (χ1) is 6.15. The first-order valence-corrected chi connectivity index (χ1v) is 3.96. The third kappa shape index (κ3) is 2.19. The zero-order chi connectivity index (χ0) is 9.84. The largest absolute Gasteiger partial charge is 0.324 e. The van der Waals surface area contributed by atoms with E-state index in [1.165, 1.54) is 6.92 Å². The predicted octanol–water partition coefficient (Wildman–Crippen LogP) is 0.955. The Morgan fingerprint density at radius 3 is 2.31 bits per heavy atom. The van der Waals surface area contributed by atoms with E-state index >= 15 is 0 Å². The van der Waals surface area contributed by atoms with E-state index in [-0.39, 0.29) is 5.91 Å². The van der Waals surface area contributed by atoms with Crippen molar-refractivity contribution >= 4 is 17.3 Å². The molecule has 0 aromatic heterocycles. The minimum absolute atomic E-state index is 0.00783. The molecule has 1 aromatic rings. The molecule has 1 aromatic carbocycles. The van der Waals surface area contributed by atoms with Crippen LogP contribution in [0.25, 0.3) is 0 Å². The maximum Gasteiger partial charge on any atom is 0.223 e. The summed E-state index contributed by atoms with van der Waals surface area (Å²) in [6, 6.07) is 7.29. The van der Waals surface area contributed by atoms with Crippen LogP contribution in [0.3, 0.4) is 0 Å². The van der Waals surface area contributed by atoms with E-state index in [1.54, 1.807) is 11.9 Å². The quantitative estimate of drug-likeness (QED) is 0.525. The van der Waals surface area contributed by atoms with Crippen LogP contribution in [0, 0.1) is 0 Å². The van der Waals surface area contributed by atoms with Gasteiger partial charge in [0.05, 0.1) is 0 Å². The molecule has 0 saturated heterocycles. The molecule has 0 heterocycles. The average Bonchev–Trinajstić information content (AvgIpc) is 2.17. The number of nitrogens with zero attached hydrogens (tertiary/aromatic N) is 1. The summed E-state index contributed by atoms with van der Waals surface area (Å²) in [6.07, 6.45) is 0. The molecule has 0 atom stereocenters. The van der Waals surface area contributed by atoms with Gasteiger partial charge in [0.1, 0.15) is 0 Å². The van der Waals surface area contributed by atoms with Crippen molar-refractivity contribution in [2.45, 2.75) is 6.92 Å². The molecule has 0 unspecified atom stereocenters. The lowest BCUT2D eigenvalue weighted by Gasteiger charge is -2.14. The molecule has 0 saturated carbocycles. The molecule has 0 aliphatic carbocycles. The van der Waals surface area contributed by atoms with Gasteiger partial charge in [0.25, 0.3) is 0 Å². The van der Waals surface area contributed by atoms with Crippen LogP contribution in [0.15, 0.2) is 24.3 Å². The van der Waals surface area contributed by atoms with Gasteiger partial charge in [-0.05, 0) is 24.3 Å². The van der Waals surface area contributed by atoms with Crippen LogP contribution in [0.2, 0.25) is 0 Å². The highest BCUT2D eigenvalue weighted by Crippen LogP contribution is 2.15. The van der Waals surface area contributed by atoms with Crippen molar-refractivity contribution in [1.82, 2.24) is 0 Å². The Hall–Kier alpha value is -1.55. The number of hydrogen-bond donors (Lipinski definition) is 2. The summed E-state index contributed by atoms with van der Waals surface area (Å²) in [5.41, 5.74) is 4.19. The number of nitrogens with one attached hydrogen (secondary N) is 1. The Morgan fingerprint density at radius 2 is 1.92 bits per heavy atom. The van der Waals surface area contributed by atoms with E-state index in [9.17, 15) is 4.79 Å². The van der Waals surface area contributed by atoms with E-state index < -0.39 is 0 Å². The molecule has 70 valence electrons. The van der Waals surface area contributed by atoms with E-state index in [0.29, 0.717) is 0 Å². The summed E-state index contributed by atoms with van der Waals surface area (Å²) in [5, 5.41) is 0. The Bertz CT molecular complexity index is 294. The molecule has 0 fully saturated rings. The van der Waals surface area contributed by atoms with Crippen LogP contribution < -0.4 is 16.2 Å². The van der Waals surface area contributed by atoms with E-state index in [4.69, 9.17) is 5.84 Å². The average molecular weight is 179 g/mol. The van der Waals surface area contributed by atoms with E-state index in [2.05, 4.69) is 5.43 Å². The first kappa shape index (κ1) is 9.54. The molecule has 13 heavy (non-hydrogen) atoms. The molecule has 0 aliphatic heterocycles. The van der Waals surface area contributed by atoms with Gasteiger partial charge in [-0.15, -0.1) is 0 Å². The van der Waals surface area contributed by atoms with Crippen molar-refractivity contribution in [3.8, 4) is 0 Å². The summed E-state index contributed by atoms with van der Waals surface area (Å²) in [6.45, 7) is 1.52. The number of nitrogen functional groups attached to an aromatic ring is 1. The molecule has 1 amide bonds. The SMILES string of the molecule is CC(=O)N(C)c1ccc(NN)cc1. The number of nitrogens with two attached hydrogens (primary N) is 1. The molecule has 3 N–H and O–H groups in total. The molecule has 1 rings (SSSR count). The van der Waals surface area contributed by atoms with Gasteiger partial charge in [-0.25, -0.2) is 0 Å². The van der Waals surface area contributed by atoms with E-state index in [1.807, 2.05) is 24.3 Å². The fourth-order valence-corrected chi connectivity index (χ4v) is 0.963. The van der Waals surface area contributed by atoms with Crippen LogP contribution in [0.4, 0.5) is 11.4 Å². The summed E-state index contributed by atoms with van der Waals surface area (Å²) in [4.78, 5) is 12.6. The number of hydrogen-bond acceptors (Lipinski definition) is 3. The molecule has 0 aliphatic rings. The predicted molar refractivity (Wildman–Crippen MR) is 53.3 cm³/mol. The summed E-state index contributed by atoms with van der Waals surface area (Å²) in [7, 11) is 1.73. The van der Waals surface area contributed by atoms with Crippen LogP contribution in [-0.4, -0.2) is 13.0 Å². The molecule has 0 spiro atoms. The third-order valence-corrected chi connectivity index (χ3v) is 1.89. The lowest BCUT2D eigenvalue weighted by Crippen LogP contribution is -2.22. The van der Waals surface area contributed by atoms with Crippen molar-refractivity contribution < 1.29 is 4.79 Å². The second kappa shape index (κ2) is 3.91. The van der Waals surface area contributed by atoms with Gasteiger partial charge in [-0.1, -0.05) is 0 Å². The van der Waals surface area contributed by atoms with Crippen LogP contribution >= 0.6 is 0 Å². The number of anilines is 2. The number of hydrazine groups is 1. The van der Waals surface area contributed by atoms with Gasteiger partial charge in [0, 0.05) is 25.3 Å². The van der Waals surface area contributed by atoms with Gasteiger partial charge in [-0.2, -0.15) is 0 Å². The lowest BCUT2D eigenvalue weighted by atomic mass is 10.2. The Balaban J connectivity index is 2.85. The van der Waals surface area contributed by atoms with Crippen molar-refractivity contribution in [2.24, 2.45) is 5.84 Å². The van der Waals surface area contributed by atoms with Crippen molar-refractivity contribution in [1.29, 1.82) is 0 Å². The van der Waals surface area contributed by atoms with Gasteiger partial charge in [-0.3, -0.25) is 10.6 Å². The molecule has 4 heteroatoms. The standard InChI is InChI=1S/C9H13N3O/c1-7(13)12(2)9-5-3-8(11-10)4-6-9/h3-6,11H,10H2,1-2H3. The second-order valence-electron chi connectivity index (χ2n) is 2.77. The normalized spacial score (nSPS) is 9.46.